The molecule has 4 aromatic rings. The van der Waals surface area contributed by atoms with Gasteiger partial charge >= 0.3 is 0 Å². The number of nitrogens with one attached hydrogen (secondary N) is 1. The van der Waals surface area contributed by atoms with Gasteiger partial charge in [-0.05, 0) is 28.5 Å². The van der Waals surface area contributed by atoms with Crippen molar-refractivity contribution in [3.63, 3.8) is 0 Å². The molecule has 0 aliphatic carbocycles. The molecule has 1 amide bonds. The first-order valence-corrected chi connectivity index (χ1v) is 8.49. The Hall–Kier alpha value is -3.55. The number of nitrogens with zero attached hydrogens (tertiary/aromatic N) is 4. The van der Waals surface area contributed by atoms with Crippen molar-refractivity contribution in [1.29, 1.82) is 0 Å². The number of imidazole rings is 1. The fourth-order valence-electron chi connectivity index (χ4n) is 2.85. The summed E-state index contributed by atoms with van der Waals surface area (Å²) in [5.74, 6) is 0.0989. The first-order chi connectivity index (χ1) is 13.2. The maximum atomic E-state index is 14.2. The number of aromatic nitrogens is 4. The van der Waals surface area contributed by atoms with E-state index < -0.39 is 0 Å². The topological polar surface area (TPSA) is 85.8 Å². The van der Waals surface area contributed by atoms with Gasteiger partial charge in [0.15, 0.2) is 11.5 Å². The zero-order chi connectivity index (χ0) is 18.8. The lowest BCUT2D eigenvalue weighted by Gasteiger charge is -2.09. The zero-order valence-corrected chi connectivity index (χ0v) is 14.5. The van der Waals surface area contributed by atoms with E-state index in [1.807, 2.05) is 28.8 Å². The second-order valence-corrected chi connectivity index (χ2v) is 5.96. The molecule has 0 atom stereocenters. The SMILES string of the molecule is CCC(=O)Nc1nonc1-c1nc2ccccc2n1Cc1ccccc1F. The lowest BCUT2D eigenvalue weighted by molar-refractivity contribution is -0.115. The van der Waals surface area contributed by atoms with Gasteiger partial charge < -0.3 is 9.88 Å². The van der Waals surface area contributed by atoms with Crippen LogP contribution in [0, 0.1) is 5.82 Å². The van der Waals surface area contributed by atoms with Crippen molar-refractivity contribution < 1.29 is 13.8 Å². The molecule has 0 aliphatic heterocycles. The van der Waals surface area contributed by atoms with E-state index in [2.05, 4.69) is 20.6 Å². The molecule has 0 unspecified atom stereocenters. The lowest BCUT2D eigenvalue weighted by Crippen LogP contribution is -2.11. The molecule has 2 aromatic heterocycles. The largest absolute Gasteiger partial charge is 0.318 e. The van der Waals surface area contributed by atoms with Gasteiger partial charge in [-0.15, -0.1) is 0 Å². The number of carbonyl (C=O) groups excluding carboxylic acids is 1. The van der Waals surface area contributed by atoms with Gasteiger partial charge in [0, 0.05) is 12.0 Å². The van der Waals surface area contributed by atoms with E-state index in [0.29, 0.717) is 17.1 Å². The van der Waals surface area contributed by atoms with Gasteiger partial charge in [0.25, 0.3) is 0 Å². The number of fused-ring (bicyclic) bond motifs is 1. The summed E-state index contributed by atoms with van der Waals surface area (Å²) in [6, 6.07) is 14.1. The molecule has 7 nitrogen and oxygen atoms in total. The van der Waals surface area contributed by atoms with E-state index >= 15 is 0 Å². The molecule has 2 heterocycles. The lowest BCUT2D eigenvalue weighted by atomic mass is 10.2. The number of para-hydroxylation sites is 2. The highest BCUT2D eigenvalue weighted by atomic mass is 19.1. The van der Waals surface area contributed by atoms with E-state index in [9.17, 15) is 9.18 Å². The Labute approximate surface area is 153 Å². The third-order valence-corrected chi connectivity index (χ3v) is 4.22. The molecule has 0 fully saturated rings. The molecule has 0 radical (unpaired) electrons. The van der Waals surface area contributed by atoms with Crippen LogP contribution in [0.2, 0.25) is 0 Å². The Morgan fingerprint density at radius 1 is 1.15 bits per heavy atom. The number of benzene rings is 2. The normalized spacial score (nSPS) is 11.0. The van der Waals surface area contributed by atoms with Crippen LogP contribution in [-0.2, 0) is 11.3 Å². The highest BCUT2D eigenvalue weighted by molar-refractivity contribution is 5.93. The van der Waals surface area contributed by atoms with Gasteiger partial charge in [0.1, 0.15) is 5.82 Å². The molecular weight excluding hydrogens is 349 g/mol. The van der Waals surface area contributed by atoms with E-state index in [0.717, 1.165) is 11.0 Å². The van der Waals surface area contributed by atoms with Crippen LogP contribution in [0.15, 0.2) is 53.2 Å². The average Bonchev–Trinajstić information content (AvgIpc) is 3.28. The van der Waals surface area contributed by atoms with Crippen molar-refractivity contribution in [3.8, 4) is 11.5 Å². The van der Waals surface area contributed by atoms with Crippen molar-refractivity contribution in [2.75, 3.05) is 5.32 Å². The Bertz CT molecular complexity index is 1120. The first kappa shape index (κ1) is 16.9. The minimum Gasteiger partial charge on any atom is -0.318 e. The summed E-state index contributed by atoms with van der Waals surface area (Å²) >= 11 is 0. The summed E-state index contributed by atoms with van der Waals surface area (Å²) in [6.45, 7) is 1.98. The summed E-state index contributed by atoms with van der Waals surface area (Å²) in [5, 5.41) is 10.3. The van der Waals surface area contributed by atoms with Crippen molar-refractivity contribution in [2.45, 2.75) is 19.9 Å². The molecular formula is C19H16FN5O2. The van der Waals surface area contributed by atoms with Crippen LogP contribution in [0.5, 0.6) is 0 Å². The third-order valence-electron chi connectivity index (χ3n) is 4.22. The van der Waals surface area contributed by atoms with Crippen LogP contribution in [0.25, 0.3) is 22.6 Å². The van der Waals surface area contributed by atoms with Gasteiger partial charge in [-0.3, -0.25) is 4.79 Å². The van der Waals surface area contributed by atoms with Crippen LogP contribution in [-0.4, -0.2) is 25.8 Å². The highest BCUT2D eigenvalue weighted by Gasteiger charge is 2.22. The highest BCUT2D eigenvalue weighted by Crippen LogP contribution is 2.29. The van der Waals surface area contributed by atoms with E-state index in [1.54, 1.807) is 25.1 Å². The van der Waals surface area contributed by atoms with Crippen LogP contribution >= 0.6 is 0 Å². The fraction of sp³-hybridized carbons (Fsp3) is 0.158. The molecule has 4 rings (SSSR count). The predicted octanol–water partition coefficient (Wildman–Crippen LogP) is 3.62. The number of amides is 1. The Morgan fingerprint density at radius 3 is 2.74 bits per heavy atom. The summed E-state index contributed by atoms with van der Waals surface area (Å²) in [6.07, 6.45) is 0.290. The average molecular weight is 365 g/mol. The first-order valence-electron chi connectivity index (χ1n) is 8.49. The maximum Gasteiger partial charge on any atom is 0.225 e. The summed E-state index contributed by atoms with van der Waals surface area (Å²) < 4.78 is 20.9. The van der Waals surface area contributed by atoms with E-state index in [-0.39, 0.29) is 30.5 Å². The minimum atomic E-state index is -0.306. The fourth-order valence-corrected chi connectivity index (χ4v) is 2.85. The second-order valence-electron chi connectivity index (χ2n) is 5.96. The smallest absolute Gasteiger partial charge is 0.225 e. The van der Waals surface area contributed by atoms with Crippen molar-refractivity contribution in [2.24, 2.45) is 0 Å². The van der Waals surface area contributed by atoms with Gasteiger partial charge in [-0.2, -0.15) is 0 Å². The Balaban J connectivity index is 1.86. The molecule has 0 spiro atoms. The van der Waals surface area contributed by atoms with Crippen LogP contribution in [0.1, 0.15) is 18.9 Å². The number of hydrogen-bond acceptors (Lipinski definition) is 5. The number of halogens is 1. The molecule has 0 bridgehead atoms. The van der Waals surface area contributed by atoms with Crippen LogP contribution in [0.3, 0.4) is 0 Å². The number of rotatable bonds is 5. The molecule has 8 heteroatoms. The van der Waals surface area contributed by atoms with Crippen LogP contribution in [0.4, 0.5) is 10.2 Å². The van der Waals surface area contributed by atoms with Crippen molar-refractivity contribution in [3.05, 3.63) is 59.9 Å². The van der Waals surface area contributed by atoms with Gasteiger partial charge in [-0.1, -0.05) is 37.3 Å². The molecule has 2 aromatic carbocycles. The molecule has 136 valence electrons. The maximum absolute atomic E-state index is 14.2. The summed E-state index contributed by atoms with van der Waals surface area (Å²) in [4.78, 5) is 16.4. The summed E-state index contributed by atoms with van der Waals surface area (Å²) in [7, 11) is 0. The predicted molar refractivity (Wildman–Crippen MR) is 97.4 cm³/mol. The standard InChI is InChI=1S/C19H16FN5O2/c1-2-16(26)22-18-17(23-27-24-18)19-21-14-9-5-6-10-15(14)25(19)11-12-7-3-4-8-13(12)20/h3-10H,2,11H2,1H3,(H,22,24,26). The van der Waals surface area contributed by atoms with Gasteiger partial charge in [0.2, 0.25) is 11.7 Å². The zero-order valence-electron chi connectivity index (χ0n) is 14.5. The van der Waals surface area contributed by atoms with E-state index in [4.69, 9.17) is 4.63 Å². The molecule has 0 saturated heterocycles. The Kier molecular flexibility index (Phi) is 4.37. The number of hydrogen-bond donors (Lipinski definition) is 1. The van der Waals surface area contributed by atoms with Crippen molar-refractivity contribution >= 4 is 22.8 Å². The van der Waals surface area contributed by atoms with Crippen LogP contribution < -0.4 is 5.32 Å². The van der Waals surface area contributed by atoms with Crippen molar-refractivity contribution in [1.82, 2.24) is 19.9 Å². The quantitative estimate of drug-likeness (QED) is 0.584. The minimum absolute atomic E-state index is 0.187. The van der Waals surface area contributed by atoms with Gasteiger partial charge in [0.05, 0.1) is 17.6 Å². The monoisotopic (exact) mass is 365 g/mol. The molecule has 1 N–H and O–H groups in total. The Morgan fingerprint density at radius 2 is 1.93 bits per heavy atom. The summed E-state index contributed by atoms with van der Waals surface area (Å²) in [5.41, 5.74) is 2.34. The molecule has 27 heavy (non-hydrogen) atoms. The van der Waals surface area contributed by atoms with Gasteiger partial charge in [-0.25, -0.2) is 14.0 Å². The molecule has 0 aliphatic rings. The van der Waals surface area contributed by atoms with E-state index in [1.165, 1.54) is 6.07 Å². The third kappa shape index (κ3) is 3.17. The second kappa shape index (κ2) is 6.99. The number of anilines is 1. The molecule has 0 saturated carbocycles. The number of carbonyl (C=O) groups is 1.